The number of nitrogens with zero attached hydrogens (tertiary/aromatic N) is 5. The first-order valence-corrected chi connectivity index (χ1v) is 8.97. The summed E-state index contributed by atoms with van der Waals surface area (Å²) in [5.74, 6) is 4.68. The van der Waals surface area contributed by atoms with Gasteiger partial charge in [-0.25, -0.2) is 9.97 Å². The van der Waals surface area contributed by atoms with Gasteiger partial charge < -0.3 is 20.0 Å². The van der Waals surface area contributed by atoms with Crippen molar-refractivity contribution in [3.05, 3.63) is 17.1 Å². The number of hydrogen-bond donors (Lipinski definition) is 2. The lowest BCUT2D eigenvalue weighted by Crippen LogP contribution is -2.44. The van der Waals surface area contributed by atoms with Gasteiger partial charge in [0.1, 0.15) is 5.82 Å². The van der Waals surface area contributed by atoms with Crippen LogP contribution >= 0.6 is 0 Å². The van der Waals surface area contributed by atoms with Crippen molar-refractivity contribution in [2.45, 2.75) is 40.8 Å². The normalized spacial score (nSPS) is 15.1. The molecule has 4 rings (SSSR count). The molecule has 26 heavy (non-hydrogen) atoms. The van der Waals surface area contributed by atoms with E-state index >= 15 is 0 Å². The molecule has 0 bridgehead atoms. The average Bonchev–Trinajstić information content (AvgIpc) is 3.32. The molecule has 0 atom stereocenters. The van der Waals surface area contributed by atoms with E-state index in [1.54, 1.807) is 13.8 Å². The zero-order valence-corrected chi connectivity index (χ0v) is 16.0. The third-order valence-electron chi connectivity index (χ3n) is 3.80. The van der Waals surface area contributed by atoms with Crippen LogP contribution in [0.2, 0.25) is 0 Å². The summed E-state index contributed by atoms with van der Waals surface area (Å²) in [7, 11) is 0. The summed E-state index contributed by atoms with van der Waals surface area (Å²) in [4.78, 5) is 11.6. The molecule has 2 aliphatic rings. The van der Waals surface area contributed by atoms with Gasteiger partial charge in [-0.1, -0.05) is 13.8 Å². The largest absolute Gasteiger partial charge is 0.418 e. The highest BCUT2D eigenvalue weighted by molar-refractivity contribution is 5.56. The van der Waals surface area contributed by atoms with E-state index in [9.17, 15) is 0 Å². The van der Waals surface area contributed by atoms with Gasteiger partial charge in [0.25, 0.3) is 5.89 Å². The van der Waals surface area contributed by atoms with Crippen molar-refractivity contribution in [2.24, 2.45) is 0 Å². The first-order valence-electron chi connectivity index (χ1n) is 8.97. The second-order valence-corrected chi connectivity index (χ2v) is 5.55. The summed E-state index contributed by atoms with van der Waals surface area (Å²) in [6, 6.07) is 0. The van der Waals surface area contributed by atoms with Gasteiger partial charge in [-0.2, -0.15) is 0 Å². The maximum absolute atomic E-state index is 5.47. The fourth-order valence-corrected chi connectivity index (χ4v) is 2.77. The number of fused-ring (bicyclic) bond motifs is 1. The van der Waals surface area contributed by atoms with Crippen LogP contribution in [0.4, 0.5) is 5.82 Å². The lowest BCUT2D eigenvalue weighted by molar-refractivity contribution is 0.527. The Balaban J connectivity index is 0.000000444. The Kier molecular flexibility index (Phi) is 7.51. The van der Waals surface area contributed by atoms with Gasteiger partial charge in [-0.3, -0.25) is 0 Å². The fraction of sp³-hybridized carbons (Fsp3) is 0.556. The molecule has 0 saturated carbocycles. The van der Waals surface area contributed by atoms with Crippen molar-refractivity contribution in [3.8, 4) is 24.1 Å². The maximum atomic E-state index is 5.47. The van der Waals surface area contributed by atoms with Gasteiger partial charge in [0, 0.05) is 51.8 Å². The molecule has 0 aromatic carbocycles. The number of terminal acetylenes is 1. The summed E-state index contributed by atoms with van der Waals surface area (Å²) in [5, 5.41) is 14.6. The molecule has 8 heteroatoms. The van der Waals surface area contributed by atoms with Gasteiger partial charge in [-0.15, -0.1) is 22.5 Å². The van der Waals surface area contributed by atoms with Gasteiger partial charge >= 0.3 is 0 Å². The van der Waals surface area contributed by atoms with Crippen molar-refractivity contribution < 1.29 is 4.42 Å². The molecule has 2 N–H and O–H groups in total. The van der Waals surface area contributed by atoms with Gasteiger partial charge in [-0.05, 0) is 6.92 Å². The smallest absolute Gasteiger partial charge is 0.285 e. The molecule has 1 saturated heterocycles. The molecule has 1 fully saturated rings. The SMILES string of the molecule is C#CC.CC.Cc1nnc(-c2nc3c(c(N4CCNCC4)n2)CNC3)o1. The zero-order chi connectivity index (χ0) is 18.9. The Labute approximate surface area is 154 Å². The lowest BCUT2D eigenvalue weighted by Gasteiger charge is -2.29. The Hall–Kier alpha value is -2.50. The van der Waals surface area contributed by atoms with Crippen molar-refractivity contribution in [2.75, 3.05) is 31.1 Å². The Bertz CT molecular complexity index is 744. The molecular weight excluding hydrogens is 330 g/mol. The van der Waals surface area contributed by atoms with Crippen molar-refractivity contribution >= 4 is 5.82 Å². The number of nitrogens with one attached hydrogen (secondary N) is 2. The van der Waals surface area contributed by atoms with E-state index in [0.29, 0.717) is 17.6 Å². The summed E-state index contributed by atoms with van der Waals surface area (Å²) >= 11 is 0. The Morgan fingerprint density at radius 2 is 1.77 bits per heavy atom. The first-order chi connectivity index (χ1) is 12.7. The number of aryl methyl sites for hydroxylation is 1. The third kappa shape index (κ3) is 4.56. The van der Waals surface area contributed by atoms with E-state index in [-0.39, 0.29) is 0 Å². The molecule has 2 aromatic rings. The standard InChI is InChI=1S/C13H17N7O.C3H4.C2H6/c1-8-18-19-13(21-8)11-16-10-7-15-6-9(10)12(17-11)20-4-2-14-3-5-20;1-3-2;1-2/h14-15H,2-7H2,1H3;1H,2H3;1-2H3. The van der Waals surface area contributed by atoms with Crippen LogP contribution in [0, 0.1) is 19.3 Å². The van der Waals surface area contributed by atoms with E-state index in [4.69, 9.17) is 9.40 Å². The Morgan fingerprint density at radius 1 is 1.08 bits per heavy atom. The average molecular weight is 357 g/mol. The number of piperazine rings is 1. The maximum Gasteiger partial charge on any atom is 0.285 e. The number of rotatable bonds is 2. The second kappa shape index (κ2) is 9.85. The van der Waals surface area contributed by atoms with Gasteiger partial charge in [0.05, 0.1) is 5.69 Å². The van der Waals surface area contributed by atoms with Crippen LogP contribution in [-0.2, 0) is 13.1 Å². The predicted molar refractivity (Wildman–Crippen MR) is 102 cm³/mol. The first kappa shape index (κ1) is 19.8. The molecular formula is C18H27N7O. The van der Waals surface area contributed by atoms with Crippen molar-refractivity contribution in [1.29, 1.82) is 0 Å². The highest BCUT2D eigenvalue weighted by Crippen LogP contribution is 2.27. The predicted octanol–water partition coefficient (Wildman–Crippen LogP) is 1.51. The summed E-state index contributed by atoms with van der Waals surface area (Å²) in [6.45, 7) is 12.8. The fourth-order valence-electron chi connectivity index (χ4n) is 2.77. The van der Waals surface area contributed by atoms with Crippen LogP contribution in [0.3, 0.4) is 0 Å². The monoisotopic (exact) mass is 357 g/mol. The highest BCUT2D eigenvalue weighted by atomic mass is 16.4. The van der Waals surface area contributed by atoms with E-state index in [1.807, 2.05) is 13.8 Å². The quantitative estimate of drug-likeness (QED) is 0.782. The summed E-state index contributed by atoms with van der Waals surface area (Å²) in [6.07, 6.45) is 4.60. The molecule has 140 valence electrons. The minimum atomic E-state index is 0.388. The molecule has 8 nitrogen and oxygen atoms in total. The van der Waals surface area contributed by atoms with Crippen LogP contribution in [0.15, 0.2) is 4.42 Å². The molecule has 2 aliphatic heterocycles. The number of aromatic nitrogens is 4. The van der Waals surface area contributed by atoms with Crippen molar-refractivity contribution in [3.63, 3.8) is 0 Å². The van der Waals surface area contributed by atoms with E-state index < -0.39 is 0 Å². The van der Waals surface area contributed by atoms with Crippen LogP contribution in [0.25, 0.3) is 11.7 Å². The van der Waals surface area contributed by atoms with Gasteiger partial charge in [0.15, 0.2) is 0 Å². The molecule has 0 radical (unpaired) electrons. The molecule has 0 unspecified atom stereocenters. The molecule has 4 heterocycles. The zero-order valence-electron chi connectivity index (χ0n) is 16.0. The molecule has 0 amide bonds. The van der Waals surface area contributed by atoms with Crippen LogP contribution in [0.1, 0.15) is 37.9 Å². The van der Waals surface area contributed by atoms with Crippen LogP contribution in [-0.4, -0.2) is 46.3 Å². The summed E-state index contributed by atoms with van der Waals surface area (Å²) in [5.41, 5.74) is 2.22. The van der Waals surface area contributed by atoms with E-state index in [0.717, 1.165) is 50.8 Å². The minimum Gasteiger partial charge on any atom is -0.418 e. The topological polar surface area (TPSA) is 92.0 Å². The summed E-state index contributed by atoms with van der Waals surface area (Å²) < 4.78 is 5.47. The molecule has 0 aliphatic carbocycles. The van der Waals surface area contributed by atoms with Crippen LogP contribution < -0.4 is 15.5 Å². The highest BCUT2D eigenvalue weighted by Gasteiger charge is 2.25. The lowest BCUT2D eigenvalue weighted by atomic mass is 10.2. The minimum absolute atomic E-state index is 0.388. The van der Waals surface area contributed by atoms with Crippen molar-refractivity contribution in [1.82, 2.24) is 30.8 Å². The van der Waals surface area contributed by atoms with E-state index in [1.165, 1.54) is 5.56 Å². The second-order valence-electron chi connectivity index (χ2n) is 5.55. The number of anilines is 1. The van der Waals surface area contributed by atoms with Crippen LogP contribution in [0.5, 0.6) is 0 Å². The number of hydrogen-bond acceptors (Lipinski definition) is 8. The third-order valence-corrected chi connectivity index (χ3v) is 3.80. The molecule has 2 aromatic heterocycles. The Morgan fingerprint density at radius 3 is 2.38 bits per heavy atom. The van der Waals surface area contributed by atoms with Gasteiger partial charge in [0.2, 0.25) is 11.7 Å². The van der Waals surface area contributed by atoms with E-state index in [2.05, 4.69) is 43.1 Å². The molecule has 0 spiro atoms.